The zero-order chi connectivity index (χ0) is 24.0. The molecule has 0 aliphatic carbocycles. The van der Waals surface area contributed by atoms with Crippen LogP contribution in [0.25, 0.3) is 6.08 Å². The van der Waals surface area contributed by atoms with Crippen molar-refractivity contribution in [3.63, 3.8) is 0 Å². The molecule has 10 heteroatoms. The van der Waals surface area contributed by atoms with Crippen LogP contribution in [0, 0.1) is 13.7 Å². The number of thioether (sulfide) groups is 1. The molecule has 0 radical (unpaired) electrons. The van der Waals surface area contributed by atoms with Crippen molar-refractivity contribution in [2.24, 2.45) is 4.99 Å². The van der Waals surface area contributed by atoms with E-state index in [2.05, 4.69) is 27.6 Å². The van der Waals surface area contributed by atoms with Crippen molar-refractivity contribution in [2.75, 3.05) is 19.7 Å². The van der Waals surface area contributed by atoms with Crippen LogP contribution in [0.15, 0.2) is 46.3 Å². The van der Waals surface area contributed by atoms with Gasteiger partial charge in [-0.1, -0.05) is 12.1 Å². The number of nitro benzene ring substituents is 1. The lowest BCUT2D eigenvalue weighted by Crippen LogP contribution is -2.28. The van der Waals surface area contributed by atoms with E-state index >= 15 is 0 Å². The van der Waals surface area contributed by atoms with Crippen molar-refractivity contribution in [1.82, 2.24) is 4.90 Å². The van der Waals surface area contributed by atoms with Gasteiger partial charge in [0.15, 0.2) is 16.7 Å². The lowest BCUT2D eigenvalue weighted by atomic mass is 10.1. The van der Waals surface area contributed by atoms with Crippen LogP contribution in [-0.2, 0) is 11.4 Å². The van der Waals surface area contributed by atoms with E-state index in [1.54, 1.807) is 17.0 Å². The van der Waals surface area contributed by atoms with Gasteiger partial charge in [0.2, 0.25) is 0 Å². The van der Waals surface area contributed by atoms with Crippen molar-refractivity contribution in [1.29, 1.82) is 0 Å². The van der Waals surface area contributed by atoms with Gasteiger partial charge in [0, 0.05) is 25.2 Å². The zero-order valence-corrected chi connectivity index (χ0v) is 21.5. The summed E-state index contributed by atoms with van der Waals surface area (Å²) in [4.78, 5) is 30.1. The molecule has 8 nitrogen and oxygen atoms in total. The monoisotopic (exact) mass is 581 g/mol. The van der Waals surface area contributed by atoms with Gasteiger partial charge in [0.1, 0.15) is 6.61 Å². The van der Waals surface area contributed by atoms with E-state index in [9.17, 15) is 14.9 Å². The largest absolute Gasteiger partial charge is 0.490 e. The summed E-state index contributed by atoms with van der Waals surface area (Å²) in [5, 5.41) is 11.7. The molecule has 3 rings (SSSR count). The molecular weight excluding hydrogens is 557 g/mol. The predicted octanol–water partition coefficient (Wildman–Crippen LogP) is 5.49. The molecule has 1 fully saturated rings. The summed E-state index contributed by atoms with van der Waals surface area (Å²) in [6, 6.07) is 10.1. The van der Waals surface area contributed by atoms with Crippen molar-refractivity contribution in [2.45, 2.75) is 27.4 Å². The fraction of sp³-hybridized carbons (Fsp3) is 0.304. The van der Waals surface area contributed by atoms with E-state index in [1.165, 1.54) is 23.9 Å². The topological polar surface area (TPSA) is 94.3 Å². The SMILES string of the molecule is CCN=C1S/C(=C\c2cc(I)c(OCc3cccc([N+](=O)[O-])c3)c(OCC)c2)C(=O)N1CC. The van der Waals surface area contributed by atoms with E-state index in [1.807, 2.05) is 39.0 Å². The van der Waals surface area contributed by atoms with Gasteiger partial charge >= 0.3 is 0 Å². The second kappa shape index (κ2) is 11.5. The van der Waals surface area contributed by atoms with Crippen molar-refractivity contribution >= 4 is 57.2 Å². The number of nitro groups is 1. The summed E-state index contributed by atoms with van der Waals surface area (Å²) in [5.74, 6) is 1.04. The van der Waals surface area contributed by atoms with Crippen molar-refractivity contribution in [3.05, 3.63) is 66.1 Å². The summed E-state index contributed by atoms with van der Waals surface area (Å²) in [6.45, 7) is 7.53. The third-order valence-electron chi connectivity index (χ3n) is 4.63. The number of hydrogen-bond acceptors (Lipinski definition) is 7. The van der Waals surface area contributed by atoms with E-state index in [0.717, 1.165) is 9.13 Å². The van der Waals surface area contributed by atoms with Gasteiger partial charge in [0.25, 0.3) is 11.6 Å². The third kappa shape index (κ3) is 6.05. The highest BCUT2D eigenvalue weighted by atomic mass is 127. The van der Waals surface area contributed by atoms with Crippen LogP contribution >= 0.6 is 34.4 Å². The highest BCUT2D eigenvalue weighted by Gasteiger charge is 2.32. The van der Waals surface area contributed by atoms with Crippen LogP contribution in [0.4, 0.5) is 5.69 Å². The first-order valence-electron chi connectivity index (χ1n) is 10.5. The van der Waals surface area contributed by atoms with Gasteiger partial charge in [-0.3, -0.25) is 24.8 Å². The van der Waals surface area contributed by atoms with Crippen LogP contribution in [0.1, 0.15) is 31.9 Å². The molecule has 33 heavy (non-hydrogen) atoms. The summed E-state index contributed by atoms with van der Waals surface area (Å²) in [7, 11) is 0. The molecular formula is C23H24IN3O5S. The van der Waals surface area contributed by atoms with Crippen LogP contribution < -0.4 is 9.47 Å². The molecule has 0 N–H and O–H groups in total. The Morgan fingerprint density at radius 3 is 2.67 bits per heavy atom. The molecule has 1 aliphatic heterocycles. The molecule has 0 spiro atoms. The molecule has 1 heterocycles. The highest BCUT2D eigenvalue weighted by molar-refractivity contribution is 14.1. The maximum Gasteiger partial charge on any atom is 0.269 e. The minimum atomic E-state index is -0.431. The second-order valence-corrected chi connectivity index (χ2v) is 9.07. The Kier molecular flexibility index (Phi) is 8.73. The maximum atomic E-state index is 12.8. The molecule has 1 aliphatic rings. The number of carbonyl (C=O) groups excluding carboxylic acids is 1. The molecule has 0 bridgehead atoms. The molecule has 0 saturated carbocycles. The maximum absolute atomic E-state index is 12.8. The van der Waals surface area contributed by atoms with Crippen LogP contribution in [-0.4, -0.2) is 40.6 Å². The molecule has 2 aromatic carbocycles. The van der Waals surface area contributed by atoms with Crippen LogP contribution in [0.2, 0.25) is 0 Å². The first-order valence-corrected chi connectivity index (χ1v) is 12.4. The number of aliphatic imine (C=N–C) groups is 1. The number of halogens is 1. The number of nitrogens with zero attached hydrogens (tertiary/aromatic N) is 3. The first-order chi connectivity index (χ1) is 15.9. The summed E-state index contributed by atoms with van der Waals surface area (Å²) >= 11 is 3.53. The molecule has 174 valence electrons. The number of benzene rings is 2. The summed E-state index contributed by atoms with van der Waals surface area (Å²) in [5.41, 5.74) is 1.52. The Hall–Kier alpha value is -2.60. The van der Waals surface area contributed by atoms with Gasteiger partial charge in [0.05, 0.1) is 20.0 Å². The lowest BCUT2D eigenvalue weighted by molar-refractivity contribution is -0.384. The Bertz CT molecular complexity index is 1120. The first kappa shape index (κ1) is 25.0. The van der Waals surface area contributed by atoms with Crippen molar-refractivity contribution in [3.8, 4) is 11.5 Å². The average Bonchev–Trinajstić information content (AvgIpc) is 3.07. The van der Waals surface area contributed by atoms with E-state index in [-0.39, 0.29) is 18.2 Å². The van der Waals surface area contributed by atoms with Crippen molar-refractivity contribution < 1.29 is 19.2 Å². The smallest absolute Gasteiger partial charge is 0.269 e. The lowest BCUT2D eigenvalue weighted by Gasteiger charge is -2.15. The van der Waals surface area contributed by atoms with Gasteiger partial charge in [-0.15, -0.1) is 0 Å². The highest BCUT2D eigenvalue weighted by Crippen LogP contribution is 2.38. The quantitative estimate of drug-likeness (QED) is 0.168. The number of ether oxygens (including phenoxy) is 2. The Balaban J connectivity index is 1.88. The minimum absolute atomic E-state index is 0.0173. The van der Waals surface area contributed by atoms with E-state index in [0.29, 0.717) is 46.8 Å². The third-order valence-corrected chi connectivity index (χ3v) is 6.48. The molecule has 1 amide bonds. The van der Waals surface area contributed by atoms with Gasteiger partial charge in [-0.2, -0.15) is 0 Å². The van der Waals surface area contributed by atoms with Gasteiger partial charge in [-0.25, -0.2) is 0 Å². The van der Waals surface area contributed by atoms with Crippen LogP contribution in [0.5, 0.6) is 11.5 Å². The number of amides is 1. The molecule has 2 aromatic rings. The van der Waals surface area contributed by atoms with Gasteiger partial charge < -0.3 is 9.47 Å². The predicted molar refractivity (Wildman–Crippen MR) is 139 cm³/mol. The fourth-order valence-corrected chi connectivity index (χ4v) is 5.07. The number of carbonyl (C=O) groups is 1. The number of hydrogen-bond donors (Lipinski definition) is 0. The van der Waals surface area contributed by atoms with Crippen LogP contribution in [0.3, 0.4) is 0 Å². The summed E-state index contributed by atoms with van der Waals surface area (Å²) in [6.07, 6.45) is 1.84. The normalized spacial score (nSPS) is 16.0. The van der Waals surface area contributed by atoms with E-state index < -0.39 is 4.92 Å². The average molecular weight is 581 g/mol. The number of likely N-dealkylation sites (N-methyl/N-ethyl adjacent to an activating group) is 1. The molecule has 1 saturated heterocycles. The minimum Gasteiger partial charge on any atom is -0.490 e. The number of amidine groups is 1. The fourth-order valence-electron chi connectivity index (χ4n) is 3.18. The Morgan fingerprint density at radius 1 is 1.21 bits per heavy atom. The zero-order valence-electron chi connectivity index (χ0n) is 18.5. The van der Waals surface area contributed by atoms with Gasteiger partial charge in [-0.05, 0) is 84.5 Å². The number of rotatable bonds is 9. The standard InChI is InChI=1S/C23H24IN3O5S/c1-4-25-23-26(5-2)22(28)20(33-23)13-16-11-18(24)21(19(12-16)31-6-3)32-14-15-8-7-9-17(10-15)27(29)30/h7-13H,4-6,14H2,1-3H3/b20-13-,25-23?. The Labute approximate surface area is 210 Å². The Morgan fingerprint density at radius 2 is 2.00 bits per heavy atom. The summed E-state index contributed by atoms with van der Waals surface area (Å²) < 4.78 is 12.6. The second-order valence-electron chi connectivity index (χ2n) is 6.90. The molecule has 0 unspecified atom stereocenters. The molecule has 0 atom stereocenters. The molecule has 0 aromatic heterocycles. The van der Waals surface area contributed by atoms with E-state index in [4.69, 9.17) is 9.47 Å². The number of non-ortho nitro benzene ring substituents is 1.